The van der Waals surface area contributed by atoms with Crippen molar-refractivity contribution < 1.29 is 4.74 Å². The lowest BCUT2D eigenvalue weighted by Crippen LogP contribution is -2.25. The Labute approximate surface area is 75.8 Å². The van der Waals surface area contributed by atoms with Crippen molar-refractivity contribution in [1.82, 2.24) is 0 Å². The predicted molar refractivity (Wildman–Crippen MR) is 52.2 cm³/mol. The molecule has 0 radical (unpaired) electrons. The summed E-state index contributed by atoms with van der Waals surface area (Å²) >= 11 is 0. The van der Waals surface area contributed by atoms with Crippen molar-refractivity contribution in [2.24, 2.45) is 0 Å². The first-order valence-electron chi connectivity index (χ1n) is 4.98. The first kappa shape index (κ1) is 9.79. The van der Waals surface area contributed by atoms with Crippen LogP contribution in [0.2, 0.25) is 0 Å². The maximum atomic E-state index is 5.80. The van der Waals surface area contributed by atoms with E-state index >= 15 is 0 Å². The van der Waals surface area contributed by atoms with Gasteiger partial charge in [0.15, 0.2) is 0 Å². The van der Waals surface area contributed by atoms with Gasteiger partial charge in [-0.3, -0.25) is 0 Å². The monoisotopic (exact) mass is 168 g/mol. The summed E-state index contributed by atoms with van der Waals surface area (Å²) < 4.78 is 5.80. The van der Waals surface area contributed by atoms with Gasteiger partial charge < -0.3 is 4.74 Å². The summed E-state index contributed by atoms with van der Waals surface area (Å²) in [5.74, 6) is 0. The quantitative estimate of drug-likeness (QED) is 0.587. The summed E-state index contributed by atoms with van der Waals surface area (Å²) in [6.07, 6.45) is 7.10. The molecule has 2 atom stereocenters. The van der Waals surface area contributed by atoms with Crippen molar-refractivity contribution in [3.05, 3.63) is 12.2 Å². The van der Waals surface area contributed by atoms with Gasteiger partial charge in [-0.25, -0.2) is 0 Å². The van der Waals surface area contributed by atoms with E-state index in [1.54, 1.807) is 0 Å². The van der Waals surface area contributed by atoms with E-state index < -0.39 is 0 Å². The molecule has 0 aromatic heterocycles. The molecule has 0 spiro atoms. The SMILES string of the molecule is C=C(C)CCC1CCCC(C)O1. The van der Waals surface area contributed by atoms with Crippen molar-refractivity contribution >= 4 is 0 Å². The first-order valence-corrected chi connectivity index (χ1v) is 4.98. The molecule has 0 saturated carbocycles. The van der Waals surface area contributed by atoms with Gasteiger partial charge in [0.05, 0.1) is 12.2 Å². The maximum absolute atomic E-state index is 5.80. The Morgan fingerprint density at radius 3 is 2.83 bits per heavy atom. The molecule has 0 amide bonds. The number of hydrogen-bond donors (Lipinski definition) is 0. The van der Waals surface area contributed by atoms with Crippen molar-refractivity contribution in [1.29, 1.82) is 0 Å². The van der Waals surface area contributed by atoms with Crippen LogP contribution in [0.25, 0.3) is 0 Å². The molecule has 70 valence electrons. The molecule has 1 heteroatoms. The molecule has 12 heavy (non-hydrogen) atoms. The highest BCUT2D eigenvalue weighted by molar-refractivity contribution is 4.88. The molecular formula is C11H20O. The minimum absolute atomic E-state index is 0.480. The summed E-state index contributed by atoms with van der Waals surface area (Å²) in [7, 11) is 0. The molecule has 0 aromatic carbocycles. The van der Waals surface area contributed by atoms with Crippen LogP contribution < -0.4 is 0 Å². The smallest absolute Gasteiger partial charge is 0.0581 e. The van der Waals surface area contributed by atoms with E-state index in [2.05, 4.69) is 20.4 Å². The number of rotatable bonds is 3. The van der Waals surface area contributed by atoms with E-state index in [-0.39, 0.29) is 0 Å². The third kappa shape index (κ3) is 3.40. The summed E-state index contributed by atoms with van der Waals surface area (Å²) in [6.45, 7) is 8.17. The molecule has 1 heterocycles. The molecule has 1 nitrogen and oxygen atoms in total. The van der Waals surface area contributed by atoms with E-state index in [1.165, 1.54) is 31.3 Å². The summed E-state index contributed by atoms with van der Waals surface area (Å²) in [4.78, 5) is 0. The van der Waals surface area contributed by atoms with Gasteiger partial charge in [0, 0.05) is 0 Å². The Morgan fingerprint density at radius 1 is 1.50 bits per heavy atom. The second-order valence-corrected chi connectivity index (χ2v) is 4.00. The minimum atomic E-state index is 0.480. The van der Waals surface area contributed by atoms with E-state index in [9.17, 15) is 0 Å². The van der Waals surface area contributed by atoms with Crippen LogP contribution in [-0.4, -0.2) is 12.2 Å². The predicted octanol–water partition coefficient (Wildman–Crippen LogP) is 3.30. The van der Waals surface area contributed by atoms with E-state index in [1.807, 2.05) is 0 Å². The van der Waals surface area contributed by atoms with Gasteiger partial charge in [-0.1, -0.05) is 5.57 Å². The van der Waals surface area contributed by atoms with Gasteiger partial charge in [-0.2, -0.15) is 0 Å². The molecule has 1 aliphatic heterocycles. The fourth-order valence-corrected chi connectivity index (χ4v) is 1.72. The molecule has 0 aliphatic carbocycles. The van der Waals surface area contributed by atoms with Crippen molar-refractivity contribution in [3.8, 4) is 0 Å². The largest absolute Gasteiger partial charge is 0.375 e. The average Bonchev–Trinajstić information content (AvgIpc) is 2.01. The topological polar surface area (TPSA) is 9.23 Å². The van der Waals surface area contributed by atoms with Gasteiger partial charge in [0.1, 0.15) is 0 Å². The van der Waals surface area contributed by atoms with Crippen LogP contribution in [0.1, 0.15) is 46.0 Å². The Hall–Kier alpha value is -0.300. The van der Waals surface area contributed by atoms with Gasteiger partial charge in [-0.05, 0) is 46.0 Å². The second kappa shape index (κ2) is 4.66. The minimum Gasteiger partial charge on any atom is -0.375 e. The fourth-order valence-electron chi connectivity index (χ4n) is 1.72. The van der Waals surface area contributed by atoms with Crippen molar-refractivity contribution in [3.63, 3.8) is 0 Å². The van der Waals surface area contributed by atoms with E-state index in [0.29, 0.717) is 12.2 Å². The molecule has 0 N–H and O–H groups in total. The molecule has 1 aliphatic rings. The molecule has 1 saturated heterocycles. The maximum Gasteiger partial charge on any atom is 0.0581 e. The summed E-state index contributed by atoms with van der Waals surface area (Å²) in [6, 6.07) is 0. The third-order valence-electron chi connectivity index (χ3n) is 2.45. The fraction of sp³-hybridized carbons (Fsp3) is 0.818. The zero-order valence-electron chi connectivity index (χ0n) is 8.31. The van der Waals surface area contributed by atoms with Crippen LogP contribution in [-0.2, 0) is 4.74 Å². The van der Waals surface area contributed by atoms with Crippen LogP contribution in [0.5, 0.6) is 0 Å². The molecule has 1 fully saturated rings. The molecule has 1 rings (SSSR count). The van der Waals surface area contributed by atoms with E-state index in [4.69, 9.17) is 4.74 Å². The second-order valence-electron chi connectivity index (χ2n) is 4.00. The zero-order valence-corrected chi connectivity index (χ0v) is 8.31. The molecule has 0 aromatic rings. The molecule has 0 bridgehead atoms. The lowest BCUT2D eigenvalue weighted by molar-refractivity contribution is -0.0428. The van der Waals surface area contributed by atoms with Gasteiger partial charge in [0.2, 0.25) is 0 Å². The van der Waals surface area contributed by atoms with Crippen molar-refractivity contribution in [2.75, 3.05) is 0 Å². The Kier molecular flexibility index (Phi) is 3.80. The van der Waals surface area contributed by atoms with Gasteiger partial charge in [-0.15, -0.1) is 6.58 Å². The Balaban J connectivity index is 2.18. The van der Waals surface area contributed by atoms with Gasteiger partial charge in [0.25, 0.3) is 0 Å². The average molecular weight is 168 g/mol. The van der Waals surface area contributed by atoms with E-state index in [0.717, 1.165) is 6.42 Å². The Morgan fingerprint density at radius 2 is 2.25 bits per heavy atom. The normalized spacial score (nSPS) is 30.2. The highest BCUT2D eigenvalue weighted by Gasteiger charge is 2.18. The Bertz CT molecular complexity index is 151. The van der Waals surface area contributed by atoms with Crippen LogP contribution in [0.4, 0.5) is 0 Å². The highest BCUT2D eigenvalue weighted by atomic mass is 16.5. The number of allylic oxidation sites excluding steroid dienone is 1. The number of hydrogen-bond acceptors (Lipinski definition) is 1. The van der Waals surface area contributed by atoms with Gasteiger partial charge >= 0.3 is 0 Å². The summed E-state index contributed by atoms with van der Waals surface area (Å²) in [5.41, 5.74) is 1.27. The standard InChI is InChI=1S/C11H20O/c1-9(2)7-8-11-6-4-5-10(3)12-11/h10-11H,1,4-8H2,2-3H3. The highest BCUT2D eigenvalue weighted by Crippen LogP contribution is 2.22. The summed E-state index contributed by atoms with van der Waals surface area (Å²) in [5, 5.41) is 0. The van der Waals surface area contributed by atoms with Crippen LogP contribution >= 0.6 is 0 Å². The van der Waals surface area contributed by atoms with Crippen molar-refractivity contribution in [2.45, 2.75) is 58.2 Å². The number of ether oxygens (including phenoxy) is 1. The zero-order chi connectivity index (χ0) is 8.97. The van der Waals surface area contributed by atoms with Crippen LogP contribution in [0, 0.1) is 0 Å². The molecular weight excluding hydrogens is 148 g/mol. The van der Waals surface area contributed by atoms with Crippen LogP contribution in [0.3, 0.4) is 0 Å². The van der Waals surface area contributed by atoms with Crippen LogP contribution in [0.15, 0.2) is 12.2 Å². The lowest BCUT2D eigenvalue weighted by atomic mass is 10.00. The molecule has 2 unspecified atom stereocenters. The first-order chi connectivity index (χ1) is 5.68. The lowest BCUT2D eigenvalue weighted by Gasteiger charge is -2.27. The third-order valence-corrected chi connectivity index (χ3v) is 2.45.